The van der Waals surface area contributed by atoms with E-state index in [1.807, 2.05) is 6.07 Å². The summed E-state index contributed by atoms with van der Waals surface area (Å²) in [5, 5.41) is 3.48. The molecule has 122 valence electrons. The molecule has 1 aliphatic rings. The topological polar surface area (TPSA) is 58.1 Å². The summed E-state index contributed by atoms with van der Waals surface area (Å²) in [5.74, 6) is 0.546. The molecule has 0 radical (unpaired) electrons. The molecule has 1 atom stereocenters. The number of rotatable bonds is 5. The van der Waals surface area contributed by atoms with Crippen molar-refractivity contribution in [1.82, 2.24) is 19.6 Å². The molecule has 1 saturated heterocycles. The third-order valence-electron chi connectivity index (χ3n) is 4.20. The van der Waals surface area contributed by atoms with Gasteiger partial charge in [0.2, 0.25) is 5.01 Å². The van der Waals surface area contributed by atoms with Crippen LogP contribution in [0, 0.1) is 6.92 Å². The van der Waals surface area contributed by atoms with Crippen LogP contribution in [0.2, 0.25) is 0 Å². The fourth-order valence-electron chi connectivity index (χ4n) is 2.99. The van der Waals surface area contributed by atoms with Crippen molar-refractivity contribution in [2.24, 2.45) is 0 Å². The minimum Gasteiger partial charge on any atom is -0.348 e. The Labute approximate surface area is 140 Å². The van der Waals surface area contributed by atoms with Crippen molar-refractivity contribution in [3.63, 3.8) is 0 Å². The number of likely N-dealkylation sites (tertiary alicyclic amines) is 1. The number of amides is 1. The van der Waals surface area contributed by atoms with Gasteiger partial charge in [-0.15, -0.1) is 0 Å². The first-order valence-electron chi connectivity index (χ1n) is 8.09. The molecule has 0 saturated carbocycles. The highest BCUT2D eigenvalue weighted by Crippen LogP contribution is 2.19. The van der Waals surface area contributed by atoms with Gasteiger partial charge < -0.3 is 5.32 Å². The van der Waals surface area contributed by atoms with Crippen molar-refractivity contribution in [2.45, 2.75) is 38.8 Å². The summed E-state index contributed by atoms with van der Waals surface area (Å²) in [4.78, 5) is 18.8. The van der Waals surface area contributed by atoms with E-state index in [4.69, 9.17) is 0 Å². The van der Waals surface area contributed by atoms with Crippen molar-refractivity contribution < 1.29 is 4.79 Å². The number of nitrogens with one attached hydrogen (secondary N) is 1. The van der Waals surface area contributed by atoms with Gasteiger partial charge in [0.25, 0.3) is 5.91 Å². The Hall–Kier alpha value is -1.79. The van der Waals surface area contributed by atoms with Crippen LogP contribution in [0.5, 0.6) is 0 Å². The molecule has 0 unspecified atom stereocenters. The Morgan fingerprint density at radius 3 is 2.91 bits per heavy atom. The van der Waals surface area contributed by atoms with Gasteiger partial charge in [0.05, 0.1) is 0 Å². The third-order valence-corrected chi connectivity index (χ3v) is 5.00. The van der Waals surface area contributed by atoms with Gasteiger partial charge in [-0.2, -0.15) is 4.37 Å². The van der Waals surface area contributed by atoms with Gasteiger partial charge >= 0.3 is 0 Å². The Morgan fingerprint density at radius 2 is 2.17 bits per heavy atom. The fraction of sp³-hybridized carbons (Fsp3) is 0.471. The average Bonchev–Trinajstić information content (AvgIpc) is 3.01. The van der Waals surface area contributed by atoms with Gasteiger partial charge in [0.1, 0.15) is 5.82 Å². The SMILES string of the molecule is Cc1nsc(C(=O)NC[C@@H]2CCCCN2Cc2ccccc2)n1. The summed E-state index contributed by atoms with van der Waals surface area (Å²) < 4.78 is 4.06. The number of nitrogens with zero attached hydrogens (tertiary/aromatic N) is 3. The number of aromatic nitrogens is 2. The van der Waals surface area contributed by atoms with Gasteiger partial charge in [-0.05, 0) is 43.4 Å². The maximum Gasteiger partial charge on any atom is 0.281 e. The van der Waals surface area contributed by atoms with E-state index in [1.54, 1.807) is 6.92 Å². The number of hydrogen-bond donors (Lipinski definition) is 1. The van der Waals surface area contributed by atoms with Crippen LogP contribution in [-0.4, -0.2) is 39.3 Å². The first kappa shape index (κ1) is 16.1. The molecule has 23 heavy (non-hydrogen) atoms. The molecule has 0 bridgehead atoms. The second-order valence-corrected chi connectivity index (χ2v) is 6.71. The van der Waals surface area contributed by atoms with Crippen LogP contribution in [0.3, 0.4) is 0 Å². The summed E-state index contributed by atoms with van der Waals surface area (Å²) in [5.41, 5.74) is 1.32. The lowest BCUT2D eigenvalue weighted by Crippen LogP contribution is -2.46. The number of carbonyl (C=O) groups is 1. The van der Waals surface area contributed by atoms with Gasteiger partial charge in [-0.1, -0.05) is 36.8 Å². The quantitative estimate of drug-likeness (QED) is 0.915. The number of piperidine rings is 1. The van der Waals surface area contributed by atoms with Gasteiger partial charge in [0, 0.05) is 19.1 Å². The maximum atomic E-state index is 12.1. The molecule has 3 rings (SSSR count). The van der Waals surface area contributed by atoms with Gasteiger partial charge in [0.15, 0.2) is 0 Å². The predicted molar refractivity (Wildman–Crippen MR) is 91.5 cm³/mol. The van der Waals surface area contributed by atoms with E-state index < -0.39 is 0 Å². The summed E-state index contributed by atoms with van der Waals surface area (Å²) in [6.07, 6.45) is 3.58. The van der Waals surface area contributed by atoms with E-state index in [0.717, 1.165) is 31.0 Å². The molecule has 2 aromatic rings. The van der Waals surface area contributed by atoms with Crippen LogP contribution in [0.15, 0.2) is 30.3 Å². The van der Waals surface area contributed by atoms with Crippen LogP contribution in [-0.2, 0) is 6.54 Å². The van der Waals surface area contributed by atoms with Crippen molar-refractivity contribution in [2.75, 3.05) is 13.1 Å². The molecule has 5 nitrogen and oxygen atoms in total. The summed E-state index contributed by atoms with van der Waals surface area (Å²) >= 11 is 1.16. The van der Waals surface area contributed by atoms with E-state index in [2.05, 4.69) is 43.8 Å². The van der Waals surface area contributed by atoms with Crippen molar-refractivity contribution in [3.05, 3.63) is 46.7 Å². The molecule has 1 aromatic heterocycles. The van der Waals surface area contributed by atoms with Crippen molar-refractivity contribution in [1.29, 1.82) is 0 Å². The Kier molecular flexibility index (Phi) is 5.35. The number of carbonyl (C=O) groups excluding carboxylic acids is 1. The number of hydrogen-bond acceptors (Lipinski definition) is 5. The van der Waals surface area contributed by atoms with E-state index >= 15 is 0 Å². The van der Waals surface area contributed by atoms with Crippen molar-refractivity contribution >= 4 is 17.4 Å². The Bertz CT molecular complexity index is 643. The summed E-state index contributed by atoms with van der Waals surface area (Å²) in [7, 11) is 0. The number of aryl methyl sites for hydroxylation is 1. The minimum atomic E-state index is -0.110. The lowest BCUT2D eigenvalue weighted by Gasteiger charge is -2.35. The van der Waals surface area contributed by atoms with Gasteiger partial charge in [-0.3, -0.25) is 9.69 Å². The molecule has 1 aliphatic heterocycles. The van der Waals surface area contributed by atoms with Crippen LogP contribution < -0.4 is 5.32 Å². The lowest BCUT2D eigenvalue weighted by molar-refractivity contribution is 0.0907. The zero-order chi connectivity index (χ0) is 16.1. The normalized spacial score (nSPS) is 18.7. The Balaban J connectivity index is 1.57. The molecule has 0 spiro atoms. The smallest absolute Gasteiger partial charge is 0.281 e. The largest absolute Gasteiger partial charge is 0.348 e. The minimum absolute atomic E-state index is 0.110. The van der Waals surface area contributed by atoms with Crippen LogP contribution in [0.25, 0.3) is 0 Å². The highest BCUT2D eigenvalue weighted by atomic mass is 32.1. The second-order valence-electron chi connectivity index (χ2n) is 5.96. The fourth-order valence-corrected chi connectivity index (χ4v) is 3.58. The molecule has 6 heteroatoms. The molecule has 2 heterocycles. The molecule has 1 N–H and O–H groups in total. The molecule has 1 aromatic carbocycles. The van der Waals surface area contributed by atoms with E-state index in [0.29, 0.717) is 23.4 Å². The summed E-state index contributed by atoms with van der Waals surface area (Å²) in [6, 6.07) is 10.9. The van der Waals surface area contributed by atoms with Crippen LogP contribution in [0.1, 0.15) is 40.5 Å². The molecule has 1 fully saturated rings. The first-order valence-corrected chi connectivity index (χ1v) is 8.86. The second kappa shape index (κ2) is 7.66. The number of benzene rings is 1. The van der Waals surface area contributed by atoms with E-state index in [9.17, 15) is 4.79 Å². The summed E-state index contributed by atoms with van der Waals surface area (Å²) in [6.45, 7) is 4.51. The van der Waals surface area contributed by atoms with Crippen LogP contribution in [0.4, 0.5) is 0 Å². The molecule has 1 amide bonds. The standard InChI is InChI=1S/C17H22N4OS/c1-13-19-17(23-20-13)16(22)18-11-15-9-5-6-10-21(15)12-14-7-3-2-4-8-14/h2-4,7-8,15H,5-6,9-12H2,1H3,(H,18,22)/t15-/m0/s1. The van der Waals surface area contributed by atoms with Crippen LogP contribution >= 0.6 is 11.5 Å². The average molecular weight is 330 g/mol. The Morgan fingerprint density at radius 1 is 1.35 bits per heavy atom. The van der Waals surface area contributed by atoms with Gasteiger partial charge in [-0.25, -0.2) is 4.98 Å². The third kappa shape index (κ3) is 4.36. The molecule has 0 aliphatic carbocycles. The monoisotopic (exact) mass is 330 g/mol. The first-order chi connectivity index (χ1) is 11.2. The highest BCUT2D eigenvalue weighted by Gasteiger charge is 2.23. The molecular weight excluding hydrogens is 308 g/mol. The van der Waals surface area contributed by atoms with E-state index in [-0.39, 0.29) is 5.91 Å². The predicted octanol–water partition coefficient (Wildman–Crippen LogP) is 2.63. The lowest BCUT2D eigenvalue weighted by atomic mass is 10.0. The zero-order valence-corrected chi connectivity index (χ0v) is 14.2. The zero-order valence-electron chi connectivity index (χ0n) is 13.4. The molecular formula is C17H22N4OS. The highest BCUT2D eigenvalue weighted by molar-refractivity contribution is 7.07. The maximum absolute atomic E-state index is 12.1. The van der Waals surface area contributed by atoms with Crippen molar-refractivity contribution in [3.8, 4) is 0 Å². The van der Waals surface area contributed by atoms with E-state index in [1.165, 1.54) is 18.4 Å².